The van der Waals surface area contributed by atoms with Crippen LogP contribution in [-0.4, -0.2) is 67.0 Å². The van der Waals surface area contributed by atoms with Crippen molar-refractivity contribution in [3.05, 3.63) is 29.0 Å². The third-order valence-corrected chi connectivity index (χ3v) is 6.10. The van der Waals surface area contributed by atoms with Gasteiger partial charge >= 0.3 is 6.09 Å². The van der Waals surface area contributed by atoms with Gasteiger partial charge in [-0.1, -0.05) is 6.07 Å². The maximum atomic E-state index is 12.0. The Hall–Kier alpha value is -2.36. The van der Waals surface area contributed by atoms with E-state index in [0.29, 0.717) is 47.6 Å². The highest BCUT2D eigenvalue weighted by Crippen LogP contribution is 2.34. The Morgan fingerprint density at radius 2 is 2.00 bits per heavy atom. The maximum Gasteiger partial charge on any atom is 0.407 e. The Bertz CT molecular complexity index is 791. The van der Waals surface area contributed by atoms with E-state index >= 15 is 0 Å². The van der Waals surface area contributed by atoms with Gasteiger partial charge in [-0.3, -0.25) is 4.79 Å². The predicted molar refractivity (Wildman–Crippen MR) is 114 cm³/mol. The molecule has 2 N–H and O–H groups in total. The van der Waals surface area contributed by atoms with Crippen molar-refractivity contribution in [2.75, 3.05) is 37.9 Å². The summed E-state index contributed by atoms with van der Waals surface area (Å²) in [4.78, 5) is 25.6. The Morgan fingerprint density at radius 3 is 2.74 bits per heavy atom. The molecule has 0 spiro atoms. The first kappa shape index (κ1) is 21.9. The summed E-state index contributed by atoms with van der Waals surface area (Å²) in [5.74, 6) is 0.649. The number of carbonyl (C=O) groups excluding carboxylic acids is 2. The lowest BCUT2D eigenvalue weighted by Crippen LogP contribution is -2.47. The van der Waals surface area contributed by atoms with Crippen molar-refractivity contribution in [2.45, 2.75) is 50.7 Å². The van der Waals surface area contributed by atoms with Crippen molar-refractivity contribution in [3.63, 3.8) is 0 Å². The molecule has 2 aliphatic heterocycles. The molecular weight excluding hydrogens is 402 g/mol. The number of hydroxylamine groups is 1. The van der Waals surface area contributed by atoms with Gasteiger partial charge in [0, 0.05) is 43.3 Å². The van der Waals surface area contributed by atoms with Crippen LogP contribution >= 0.6 is 0 Å². The number of carbonyl (C=O) groups is 2. The number of rotatable bonds is 8. The van der Waals surface area contributed by atoms with Gasteiger partial charge in [-0.15, -0.1) is 0 Å². The molecule has 1 atom stereocenters. The van der Waals surface area contributed by atoms with Crippen LogP contribution in [0, 0.1) is 11.1 Å². The number of hydrogen-bond acceptors (Lipinski definition) is 7. The molecule has 1 unspecified atom stereocenters. The molecule has 0 bridgehead atoms. The Kier molecular flexibility index (Phi) is 6.94. The van der Waals surface area contributed by atoms with Gasteiger partial charge in [0.05, 0.1) is 6.61 Å². The van der Waals surface area contributed by atoms with Crippen molar-refractivity contribution in [1.29, 1.82) is 0 Å². The molecule has 31 heavy (non-hydrogen) atoms. The van der Waals surface area contributed by atoms with Crippen molar-refractivity contribution in [3.8, 4) is 5.75 Å². The molecule has 2 fully saturated rings. The van der Waals surface area contributed by atoms with E-state index in [4.69, 9.17) is 9.47 Å². The van der Waals surface area contributed by atoms with Crippen molar-refractivity contribution in [2.24, 2.45) is 5.92 Å². The smallest absolute Gasteiger partial charge is 0.407 e. The second-order valence-electron chi connectivity index (χ2n) is 8.67. The molecule has 1 saturated carbocycles. The lowest BCUT2D eigenvalue weighted by Gasteiger charge is -2.35. The van der Waals surface area contributed by atoms with Crippen LogP contribution in [0.1, 0.15) is 37.7 Å². The molecule has 4 rings (SSSR count). The summed E-state index contributed by atoms with van der Waals surface area (Å²) in [7, 11) is 0. The summed E-state index contributed by atoms with van der Waals surface area (Å²) in [6.45, 7) is 2.65. The fourth-order valence-corrected chi connectivity index (χ4v) is 4.08. The molecule has 1 aromatic carbocycles. The first-order chi connectivity index (χ1) is 15.0. The number of nitrogens with one attached hydrogen (secondary N) is 1. The molecule has 1 aromatic rings. The Morgan fingerprint density at radius 1 is 1.23 bits per heavy atom. The fourth-order valence-electron chi connectivity index (χ4n) is 4.08. The largest absolute Gasteiger partial charge is 0.752 e. The van der Waals surface area contributed by atoms with E-state index in [1.807, 2.05) is 0 Å². The summed E-state index contributed by atoms with van der Waals surface area (Å²) in [5.41, 5.74) is 1.04. The summed E-state index contributed by atoms with van der Waals surface area (Å²) in [6.07, 6.45) is 3.54. The fraction of sp³-hybridized carbons (Fsp3) is 0.636. The van der Waals surface area contributed by atoms with E-state index < -0.39 is 12.0 Å². The number of fused-ring (bicyclic) bond motifs is 1. The molecule has 9 heteroatoms. The summed E-state index contributed by atoms with van der Waals surface area (Å²) in [5, 5.41) is 25.7. The number of alkyl carbamates (subject to hydrolysis) is 1. The van der Waals surface area contributed by atoms with Crippen molar-refractivity contribution >= 4 is 17.7 Å². The molecule has 0 radical (unpaired) electrons. The lowest BCUT2D eigenvalue weighted by molar-refractivity contribution is -0.118. The third-order valence-electron chi connectivity index (χ3n) is 6.10. The van der Waals surface area contributed by atoms with E-state index in [1.54, 1.807) is 18.2 Å². The first-order valence-corrected chi connectivity index (χ1v) is 11.1. The van der Waals surface area contributed by atoms with Crippen LogP contribution in [0.2, 0.25) is 0 Å². The van der Waals surface area contributed by atoms with Crippen LogP contribution in [-0.2, 0) is 16.0 Å². The SMILES string of the molecule is O=C(NC1CCN(CC(O)COc2cccc3c2CCC(=O)N3[O-])CC1)OCC1CC1. The first-order valence-electron chi connectivity index (χ1n) is 11.1. The normalized spacial score (nSPS) is 20.8. The number of aliphatic hydroxyl groups excluding tert-OH is 1. The number of amides is 2. The number of nitrogens with zero attached hydrogens (tertiary/aromatic N) is 2. The third kappa shape index (κ3) is 5.87. The van der Waals surface area contributed by atoms with E-state index in [2.05, 4.69) is 10.2 Å². The number of likely N-dealkylation sites (tertiary alicyclic amines) is 1. The highest BCUT2D eigenvalue weighted by Gasteiger charge is 2.26. The average Bonchev–Trinajstić information content (AvgIpc) is 3.59. The van der Waals surface area contributed by atoms with Gasteiger partial charge in [-0.05, 0) is 50.2 Å². The van der Waals surface area contributed by atoms with Gasteiger partial charge in [0.1, 0.15) is 18.5 Å². The quantitative estimate of drug-likeness (QED) is 0.644. The predicted octanol–water partition coefficient (Wildman–Crippen LogP) is 1.80. The zero-order chi connectivity index (χ0) is 21.8. The van der Waals surface area contributed by atoms with Gasteiger partial charge in [0.25, 0.3) is 0 Å². The molecule has 0 aromatic heterocycles. The van der Waals surface area contributed by atoms with Crippen LogP contribution < -0.4 is 15.1 Å². The number of piperidine rings is 1. The van der Waals surface area contributed by atoms with Crippen LogP contribution in [0.15, 0.2) is 18.2 Å². The summed E-state index contributed by atoms with van der Waals surface area (Å²) < 4.78 is 11.0. The summed E-state index contributed by atoms with van der Waals surface area (Å²) in [6, 6.07) is 5.15. The monoisotopic (exact) mass is 432 g/mol. The Labute approximate surface area is 181 Å². The lowest BCUT2D eigenvalue weighted by atomic mass is 10.0. The number of aliphatic hydroxyl groups is 1. The number of hydrogen-bond donors (Lipinski definition) is 2. The van der Waals surface area contributed by atoms with Crippen molar-refractivity contribution < 1.29 is 24.2 Å². The number of ether oxygens (including phenoxy) is 2. The molecule has 2 amide bonds. The number of benzene rings is 1. The molecule has 1 saturated heterocycles. The molecular formula is C22H30N3O6-. The van der Waals surface area contributed by atoms with Gasteiger partial charge in [0.2, 0.25) is 5.91 Å². The zero-order valence-corrected chi connectivity index (χ0v) is 17.6. The second kappa shape index (κ2) is 9.84. The number of β-amino-alcohol motifs (C(OH)–C–C–N with tert-alkyl or cyclic N) is 1. The molecule has 2 heterocycles. The van der Waals surface area contributed by atoms with Gasteiger partial charge in [-0.2, -0.15) is 0 Å². The van der Waals surface area contributed by atoms with Gasteiger partial charge in [-0.25, -0.2) is 4.79 Å². The minimum atomic E-state index is -0.683. The minimum Gasteiger partial charge on any atom is -0.752 e. The molecule has 9 nitrogen and oxygen atoms in total. The Balaban J connectivity index is 1.18. The minimum absolute atomic E-state index is 0.102. The standard InChI is InChI=1S/C22H30N3O6/c26-17(14-30-20-3-1-2-19-18(20)6-7-21(27)25(19)29)12-24-10-8-16(9-11-24)23-22(28)31-13-15-4-5-15/h1-3,15-17,26H,4-14H2,(H,23,28)/q-1. The van der Waals surface area contributed by atoms with Gasteiger partial charge < -0.3 is 35.1 Å². The van der Waals surface area contributed by atoms with Crippen LogP contribution in [0.25, 0.3) is 0 Å². The second-order valence-corrected chi connectivity index (χ2v) is 8.67. The highest BCUT2D eigenvalue weighted by molar-refractivity contribution is 5.97. The zero-order valence-electron chi connectivity index (χ0n) is 17.6. The van der Waals surface area contributed by atoms with E-state index in [0.717, 1.165) is 38.8 Å². The van der Waals surface area contributed by atoms with Crippen LogP contribution in [0.3, 0.4) is 0 Å². The van der Waals surface area contributed by atoms with E-state index in [9.17, 15) is 19.9 Å². The van der Waals surface area contributed by atoms with Crippen molar-refractivity contribution in [1.82, 2.24) is 10.2 Å². The highest BCUT2D eigenvalue weighted by atomic mass is 16.5. The molecule has 3 aliphatic rings. The van der Waals surface area contributed by atoms with Crippen LogP contribution in [0.5, 0.6) is 5.75 Å². The molecule has 170 valence electrons. The maximum absolute atomic E-state index is 12.0. The van der Waals surface area contributed by atoms with Crippen LogP contribution in [0.4, 0.5) is 10.5 Å². The number of anilines is 1. The topological polar surface area (TPSA) is 114 Å². The van der Waals surface area contributed by atoms with Gasteiger partial charge in [0.15, 0.2) is 0 Å². The molecule has 1 aliphatic carbocycles. The van der Waals surface area contributed by atoms with E-state index in [1.165, 1.54) is 0 Å². The summed E-state index contributed by atoms with van der Waals surface area (Å²) >= 11 is 0. The van der Waals surface area contributed by atoms with E-state index in [-0.39, 0.29) is 25.2 Å². The average molecular weight is 432 g/mol.